The zero-order valence-electron chi connectivity index (χ0n) is 24.8. The van der Waals surface area contributed by atoms with Gasteiger partial charge in [0.1, 0.15) is 20.0 Å². The first-order valence-corrected chi connectivity index (χ1v) is 17.3. The number of benzene rings is 4. The molecule has 0 heterocycles. The van der Waals surface area contributed by atoms with Crippen LogP contribution < -0.4 is 0 Å². The van der Waals surface area contributed by atoms with Gasteiger partial charge in [-0.15, -0.1) is 11.4 Å². The molecule has 0 N–H and O–H groups in total. The molecule has 43 heavy (non-hydrogen) atoms. The predicted octanol–water partition coefficient (Wildman–Crippen LogP) is 8.16. The largest absolute Gasteiger partial charge is 2.00 e. The van der Waals surface area contributed by atoms with Crippen molar-refractivity contribution in [1.29, 1.82) is 0 Å². The van der Waals surface area contributed by atoms with E-state index in [1.165, 1.54) is 24.0 Å². The summed E-state index contributed by atoms with van der Waals surface area (Å²) in [6, 6.07) is 25.2. The normalized spacial score (nSPS) is 14.2. The molecule has 0 aromatic heterocycles. The second-order valence-corrected chi connectivity index (χ2v) is 14.2. The third-order valence-corrected chi connectivity index (χ3v) is 10.4. The quantitative estimate of drug-likeness (QED) is 0.202. The van der Waals surface area contributed by atoms with Crippen molar-refractivity contribution in [3.63, 3.8) is 0 Å². The van der Waals surface area contributed by atoms with Crippen LogP contribution in [0.1, 0.15) is 59.1 Å². The average Bonchev–Trinajstić information content (AvgIpc) is 2.98. The Morgan fingerprint density at radius 2 is 0.837 bits per heavy atom. The van der Waals surface area contributed by atoms with Gasteiger partial charge in [-0.05, 0) is 101 Å². The molecule has 9 heteroatoms. The second kappa shape index (κ2) is 14.3. The van der Waals surface area contributed by atoms with Gasteiger partial charge in [-0.3, -0.25) is 0 Å². The second-order valence-electron chi connectivity index (χ2n) is 11.0. The molecule has 2 aliphatic carbocycles. The number of hydrogen-bond acceptors (Lipinski definition) is 4. The van der Waals surface area contributed by atoms with Gasteiger partial charge in [0.05, 0.1) is 9.79 Å². The molecule has 6 nitrogen and oxygen atoms in total. The molecule has 0 aliphatic heterocycles. The SMILES string of the molecule is Cc1ccc(S(=O)(=O)[N-]c2cccc3c2CCCC3)cc1.Cc1ccc(S(=O)(=O)[N-]c2cccc3c2CCCC3)cc1.[Mg+2]. The standard InChI is InChI=1S/2C17H18NO2S.Mg/c2*1-13-9-11-15(12-10-13)21(19,20)18-17-8-4-6-14-5-2-3-7-16(14)17;/h2*4,6,8-12H,2-3,5,7H2,1H3;/q2*-1;+2. The third-order valence-electron chi connectivity index (χ3n) is 7.82. The molecule has 6 rings (SSSR count). The Morgan fingerprint density at radius 1 is 0.488 bits per heavy atom. The van der Waals surface area contributed by atoms with Gasteiger partial charge >= 0.3 is 23.1 Å². The van der Waals surface area contributed by atoms with Crippen molar-refractivity contribution in [3.05, 3.63) is 128 Å². The first-order chi connectivity index (χ1) is 20.1. The van der Waals surface area contributed by atoms with E-state index < -0.39 is 20.0 Å². The number of hydrogen-bond donors (Lipinski definition) is 0. The van der Waals surface area contributed by atoms with Crippen molar-refractivity contribution >= 4 is 54.5 Å². The topological polar surface area (TPSA) is 96.5 Å². The molecule has 0 radical (unpaired) electrons. The van der Waals surface area contributed by atoms with Crippen LogP contribution in [0.25, 0.3) is 9.44 Å². The third kappa shape index (κ3) is 8.20. The smallest absolute Gasteiger partial charge is 0.572 e. The molecule has 2 aliphatic rings. The summed E-state index contributed by atoms with van der Waals surface area (Å²) in [5, 5.41) is 0. The number of fused-ring (bicyclic) bond motifs is 2. The predicted molar refractivity (Wildman–Crippen MR) is 175 cm³/mol. The van der Waals surface area contributed by atoms with E-state index in [1.807, 2.05) is 26.0 Å². The summed E-state index contributed by atoms with van der Waals surface area (Å²) in [6.45, 7) is 3.86. The summed E-state index contributed by atoms with van der Waals surface area (Å²) in [7, 11) is -7.28. The first kappa shape index (κ1) is 33.0. The van der Waals surface area contributed by atoms with E-state index in [1.54, 1.807) is 60.7 Å². The maximum absolute atomic E-state index is 12.4. The van der Waals surface area contributed by atoms with Crippen LogP contribution in [0.3, 0.4) is 0 Å². The zero-order valence-corrected chi connectivity index (χ0v) is 27.8. The molecule has 0 unspecified atom stereocenters. The van der Waals surface area contributed by atoms with Crippen LogP contribution in [-0.2, 0) is 45.7 Å². The fraction of sp³-hybridized carbons (Fsp3) is 0.294. The van der Waals surface area contributed by atoms with Gasteiger partial charge in [0.2, 0.25) is 0 Å². The maximum atomic E-state index is 12.4. The fourth-order valence-electron chi connectivity index (χ4n) is 5.48. The molecule has 0 bridgehead atoms. The van der Waals surface area contributed by atoms with Crippen molar-refractivity contribution in [2.75, 3.05) is 0 Å². The van der Waals surface area contributed by atoms with Crippen molar-refractivity contribution < 1.29 is 16.8 Å². The van der Waals surface area contributed by atoms with Crippen molar-refractivity contribution in [1.82, 2.24) is 0 Å². The summed E-state index contributed by atoms with van der Waals surface area (Å²) in [4.78, 5) is 0.503. The summed E-state index contributed by atoms with van der Waals surface area (Å²) < 4.78 is 57.9. The summed E-state index contributed by atoms with van der Waals surface area (Å²) >= 11 is 0. The molecule has 0 fully saturated rings. The van der Waals surface area contributed by atoms with Gasteiger partial charge < -0.3 is 9.44 Å². The van der Waals surface area contributed by atoms with E-state index >= 15 is 0 Å². The molecule has 4 aromatic carbocycles. The molecule has 0 spiro atoms. The summed E-state index contributed by atoms with van der Waals surface area (Å²) in [5.74, 6) is 0. The van der Waals surface area contributed by atoms with Crippen LogP contribution in [0, 0.1) is 13.8 Å². The zero-order chi connectivity index (χ0) is 29.7. The van der Waals surface area contributed by atoms with E-state index in [-0.39, 0.29) is 32.8 Å². The van der Waals surface area contributed by atoms with Crippen molar-refractivity contribution in [2.45, 2.75) is 75.0 Å². The van der Waals surface area contributed by atoms with Crippen LogP contribution in [-0.4, -0.2) is 39.9 Å². The minimum absolute atomic E-state index is 0. The number of sulfonamides is 2. The van der Waals surface area contributed by atoms with Gasteiger partial charge in [-0.2, -0.15) is 0 Å². The molecule has 0 saturated heterocycles. The summed E-state index contributed by atoms with van der Waals surface area (Å²) in [6.07, 6.45) is 8.40. The van der Waals surface area contributed by atoms with Gasteiger partial charge in [0.15, 0.2) is 0 Å². The average molecular weight is 625 g/mol. The Hall–Kier alpha value is -2.85. The Labute approximate surface area is 272 Å². The maximum Gasteiger partial charge on any atom is 2.00 e. The number of aryl methyl sites for hydroxylation is 4. The molecule has 0 amide bonds. The Kier molecular flexibility index (Phi) is 11.0. The minimum Gasteiger partial charge on any atom is -0.572 e. The molecule has 4 aromatic rings. The summed E-state index contributed by atoms with van der Waals surface area (Å²) in [5.41, 5.74) is 7.94. The van der Waals surface area contributed by atoms with Crippen molar-refractivity contribution in [2.24, 2.45) is 0 Å². The molecular weight excluding hydrogens is 589 g/mol. The van der Waals surface area contributed by atoms with E-state index in [2.05, 4.69) is 21.6 Å². The molecule has 0 saturated carbocycles. The van der Waals surface area contributed by atoms with Crippen LogP contribution in [0.15, 0.2) is 94.7 Å². The Morgan fingerprint density at radius 3 is 1.21 bits per heavy atom. The van der Waals surface area contributed by atoms with Crippen LogP contribution >= 0.6 is 0 Å². The van der Waals surface area contributed by atoms with Crippen LogP contribution in [0.5, 0.6) is 0 Å². The van der Waals surface area contributed by atoms with Crippen LogP contribution in [0.4, 0.5) is 11.4 Å². The van der Waals surface area contributed by atoms with Gasteiger partial charge in [-0.25, -0.2) is 16.8 Å². The Bertz CT molecular complexity index is 1640. The molecule has 0 atom stereocenters. The number of nitrogens with zero attached hydrogens (tertiary/aromatic N) is 2. The molecular formula is C34H36MgN2O4S2. The molecule has 220 valence electrons. The van der Waals surface area contributed by atoms with E-state index in [0.717, 1.165) is 60.8 Å². The van der Waals surface area contributed by atoms with E-state index in [4.69, 9.17) is 0 Å². The number of rotatable bonds is 6. The van der Waals surface area contributed by atoms with Gasteiger partial charge in [-0.1, -0.05) is 82.9 Å². The van der Waals surface area contributed by atoms with Gasteiger partial charge in [0.25, 0.3) is 0 Å². The van der Waals surface area contributed by atoms with E-state index in [9.17, 15) is 16.8 Å². The van der Waals surface area contributed by atoms with Crippen LogP contribution in [0.2, 0.25) is 0 Å². The van der Waals surface area contributed by atoms with Crippen molar-refractivity contribution in [3.8, 4) is 0 Å². The van der Waals surface area contributed by atoms with Gasteiger partial charge in [0, 0.05) is 0 Å². The Balaban J connectivity index is 0.000000192. The van der Waals surface area contributed by atoms with E-state index in [0.29, 0.717) is 11.4 Å². The fourth-order valence-corrected chi connectivity index (χ4v) is 7.51. The first-order valence-electron chi connectivity index (χ1n) is 14.4. The minimum atomic E-state index is -3.64. The monoisotopic (exact) mass is 624 g/mol.